The number of urea groups is 1. The first-order valence-electron chi connectivity index (χ1n) is 12.0. The average molecular weight is 526 g/mol. The summed E-state index contributed by atoms with van der Waals surface area (Å²) >= 11 is 0. The lowest BCUT2D eigenvalue weighted by atomic mass is 9.98. The zero-order chi connectivity index (χ0) is 27.6. The van der Waals surface area contributed by atoms with E-state index in [4.69, 9.17) is 0 Å². The van der Waals surface area contributed by atoms with Crippen LogP contribution in [0.25, 0.3) is 11.1 Å². The maximum Gasteiger partial charge on any atom is 0.416 e. The van der Waals surface area contributed by atoms with Gasteiger partial charge in [-0.3, -0.25) is 4.79 Å². The molecule has 0 fully saturated rings. The number of carboxylic acid groups (broad SMARTS) is 1. The van der Waals surface area contributed by atoms with Gasteiger partial charge in [0.1, 0.15) is 6.04 Å². The fraction of sp³-hybridized carbons (Fsp3) is 0.250. The Labute approximate surface area is 217 Å². The number of carbonyl (C=O) groups is 3. The van der Waals surface area contributed by atoms with E-state index in [9.17, 15) is 32.7 Å². The molecule has 0 bridgehead atoms. The fourth-order valence-electron chi connectivity index (χ4n) is 4.63. The molecule has 0 saturated carbocycles. The van der Waals surface area contributed by atoms with Gasteiger partial charge >= 0.3 is 18.2 Å². The lowest BCUT2D eigenvalue weighted by molar-refractivity contribution is -0.143. The molecule has 3 aromatic rings. The van der Waals surface area contributed by atoms with Crippen LogP contribution in [0.2, 0.25) is 0 Å². The van der Waals surface area contributed by atoms with Crippen LogP contribution in [-0.2, 0) is 11.0 Å². The molecule has 0 saturated heterocycles. The number of hydrogen-bond donors (Lipinski definition) is 3. The molecule has 1 heterocycles. The van der Waals surface area contributed by atoms with E-state index in [1.165, 1.54) is 17.0 Å². The van der Waals surface area contributed by atoms with Crippen LogP contribution in [0.15, 0.2) is 66.7 Å². The Kier molecular flexibility index (Phi) is 7.43. The zero-order valence-corrected chi connectivity index (χ0v) is 20.7. The summed E-state index contributed by atoms with van der Waals surface area (Å²) < 4.78 is 38.7. The number of nitrogens with zero attached hydrogens (tertiary/aromatic N) is 1. The standard InChI is InChI=1S/C28H26F3N3O4/c1-3-5-24(26(36)37)34-16(2)22-13-10-18(14-23(22)25(34)35)17-8-11-20(12-9-17)32-27(38)33-21-7-4-6-19(15-21)28(29,30)31/h4,6-16,24H,3,5H2,1-2H3,(H,36,37)(H2,32,33,38)/t16-,24?/m1/s1. The van der Waals surface area contributed by atoms with Crippen molar-refractivity contribution in [2.24, 2.45) is 0 Å². The Balaban J connectivity index is 1.47. The van der Waals surface area contributed by atoms with Gasteiger partial charge < -0.3 is 20.6 Å². The van der Waals surface area contributed by atoms with E-state index in [0.29, 0.717) is 24.1 Å². The van der Waals surface area contributed by atoms with Gasteiger partial charge in [0.05, 0.1) is 11.6 Å². The molecule has 0 aliphatic carbocycles. The maximum absolute atomic E-state index is 13.2. The Hall–Kier alpha value is -4.34. The van der Waals surface area contributed by atoms with Crippen molar-refractivity contribution < 1.29 is 32.7 Å². The number of carboxylic acids is 1. The number of benzene rings is 3. The molecule has 1 unspecified atom stereocenters. The highest BCUT2D eigenvalue weighted by molar-refractivity contribution is 6.02. The second-order valence-corrected chi connectivity index (χ2v) is 9.07. The first-order chi connectivity index (χ1) is 18.0. The van der Waals surface area contributed by atoms with Gasteiger partial charge in [-0.25, -0.2) is 9.59 Å². The number of anilines is 2. The van der Waals surface area contributed by atoms with Gasteiger partial charge in [0.25, 0.3) is 5.91 Å². The van der Waals surface area contributed by atoms with Gasteiger partial charge in [-0.1, -0.05) is 43.7 Å². The van der Waals surface area contributed by atoms with E-state index in [2.05, 4.69) is 10.6 Å². The van der Waals surface area contributed by atoms with Gasteiger partial charge in [0, 0.05) is 16.9 Å². The van der Waals surface area contributed by atoms with Crippen LogP contribution in [0.4, 0.5) is 29.3 Å². The van der Waals surface area contributed by atoms with Crippen LogP contribution in [0.3, 0.4) is 0 Å². The van der Waals surface area contributed by atoms with Gasteiger partial charge in [-0.05, 0) is 66.4 Å². The largest absolute Gasteiger partial charge is 0.480 e. The number of nitrogens with one attached hydrogen (secondary N) is 2. The summed E-state index contributed by atoms with van der Waals surface area (Å²) in [5, 5.41) is 14.6. The van der Waals surface area contributed by atoms with Gasteiger partial charge in [0.15, 0.2) is 0 Å². The molecule has 7 nitrogen and oxygen atoms in total. The van der Waals surface area contributed by atoms with Crippen LogP contribution >= 0.6 is 0 Å². The van der Waals surface area contributed by atoms with Crippen LogP contribution in [0, 0.1) is 0 Å². The minimum atomic E-state index is -4.52. The molecule has 2 atom stereocenters. The summed E-state index contributed by atoms with van der Waals surface area (Å²) in [5.41, 5.74) is 2.29. The number of halogens is 3. The van der Waals surface area contributed by atoms with Gasteiger partial charge in [0.2, 0.25) is 0 Å². The summed E-state index contributed by atoms with van der Waals surface area (Å²) in [5.74, 6) is -1.35. The third kappa shape index (κ3) is 5.49. The molecule has 1 aliphatic heterocycles. The fourth-order valence-corrected chi connectivity index (χ4v) is 4.63. The van der Waals surface area contributed by atoms with Gasteiger partial charge in [-0.2, -0.15) is 13.2 Å². The molecule has 3 aromatic carbocycles. The molecule has 3 amide bonds. The van der Waals surface area contributed by atoms with E-state index in [1.54, 1.807) is 30.3 Å². The smallest absolute Gasteiger partial charge is 0.416 e. The highest BCUT2D eigenvalue weighted by Gasteiger charge is 2.41. The van der Waals surface area contributed by atoms with Crippen LogP contribution in [0.5, 0.6) is 0 Å². The first kappa shape index (κ1) is 26.7. The molecular formula is C28H26F3N3O4. The van der Waals surface area contributed by atoms with Crippen molar-refractivity contribution in [3.63, 3.8) is 0 Å². The SMILES string of the molecule is CCCC(C(=O)O)N1C(=O)c2cc(-c3ccc(NC(=O)Nc4cccc(C(F)(F)F)c4)cc3)ccc2[C@H]1C. The minimum Gasteiger partial charge on any atom is -0.480 e. The molecule has 10 heteroatoms. The van der Waals surface area contributed by atoms with Crippen LogP contribution < -0.4 is 10.6 Å². The molecule has 0 spiro atoms. The van der Waals surface area contributed by atoms with Gasteiger partial charge in [-0.15, -0.1) is 0 Å². The Morgan fingerprint density at radius 3 is 2.26 bits per heavy atom. The lowest BCUT2D eigenvalue weighted by Gasteiger charge is -2.28. The van der Waals surface area contributed by atoms with Crippen molar-refractivity contribution >= 4 is 29.3 Å². The first-order valence-corrected chi connectivity index (χ1v) is 12.0. The zero-order valence-electron chi connectivity index (χ0n) is 20.7. The molecular weight excluding hydrogens is 499 g/mol. The van der Waals surface area contributed by atoms with Crippen molar-refractivity contribution in [3.8, 4) is 11.1 Å². The lowest BCUT2D eigenvalue weighted by Crippen LogP contribution is -2.42. The Morgan fingerprint density at radius 2 is 1.63 bits per heavy atom. The van der Waals surface area contributed by atoms with Crippen molar-refractivity contribution in [1.82, 2.24) is 4.90 Å². The van der Waals surface area contributed by atoms with E-state index >= 15 is 0 Å². The highest BCUT2D eigenvalue weighted by Crippen LogP contribution is 2.38. The van der Waals surface area contributed by atoms with Crippen LogP contribution in [-0.4, -0.2) is 34.0 Å². The number of alkyl halides is 3. The van der Waals surface area contributed by atoms with Crippen molar-refractivity contribution in [2.45, 2.75) is 44.9 Å². The second-order valence-electron chi connectivity index (χ2n) is 9.07. The van der Waals surface area contributed by atoms with E-state index < -0.39 is 29.8 Å². The highest BCUT2D eigenvalue weighted by atomic mass is 19.4. The summed E-state index contributed by atoms with van der Waals surface area (Å²) in [6.07, 6.45) is -3.52. The van der Waals surface area contributed by atoms with Crippen LogP contribution in [0.1, 0.15) is 54.2 Å². The molecule has 3 N–H and O–H groups in total. The summed E-state index contributed by atoms with van der Waals surface area (Å²) in [4.78, 5) is 38.7. The third-order valence-corrected chi connectivity index (χ3v) is 6.49. The number of hydrogen-bond acceptors (Lipinski definition) is 3. The molecule has 1 aliphatic rings. The third-order valence-electron chi connectivity index (χ3n) is 6.49. The molecule has 0 aromatic heterocycles. The predicted octanol–water partition coefficient (Wildman–Crippen LogP) is 6.79. The number of aliphatic carboxylic acids is 1. The molecule has 198 valence electrons. The number of carbonyl (C=O) groups excluding carboxylic acids is 2. The van der Waals surface area contributed by atoms with Crippen molar-refractivity contribution in [2.75, 3.05) is 10.6 Å². The quantitative estimate of drug-likeness (QED) is 0.316. The second kappa shape index (κ2) is 10.6. The van der Waals surface area contributed by atoms with E-state index in [0.717, 1.165) is 28.8 Å². The van der Waals surface area contributed by atoms with E-state index in [1.807, 2.05) is 26.0 Å². The van der Waals surface area contributed by atoms with Crippen molar-refractivity contribution in [3.05, 3.63) is 83.4 Å². The number of fused-ring (bicyclic) bond motifs is 1. The molecule has 38 heavy (non-hydrogen) atoms. The summed E-state index contributed by atoms with van der Waals surface area (Å²) in [7, 11) is 0. The predicted molar refractivity (Wildman–Crippen MR) is 137 cm³/mol. The maximum atomic E-state index is 13.2. The number of amides is 3. The topological polar surface area (TPSA) is 98.7 Å². The molecule has 4 rings (SSSR count). The molecule has 0 radical (unpaired) electrons. The van der Waals surface area contributed by atoms with E-state index in [-0.39, 0.29) is 17.6 Å². The number of rotatable bonds is 7. The van der Waals surface area contributed by atoms with Crippen molar-refractivity contribution in [1.29, 1.82) is 0 Å². The monoisotopic (exact) mass is 525 g/mol. The normalized spacial score (nSPS) is 15.7. The minimum absolute atomic E-state index is 0.00380. The Morgan fingerprint density at radius 1 is 0.974 bits per heavy atom. The summed E-state index contributed by atoms with van der Waals surface area (Å²) in [6.45, 7) is 3.69. The average Bonchev–Trinajstić information content (AvgIpc) is 3.11. The summed E-state index contributed by atoms with van der Waals surface area (Å²) in [6, 6.07) is 14.5. The Bertz CT molecular complexity index is 1370.